The first-order valence-corrected chi connectivity index (χ1v) is 9.81. The van der Waals surface area contributed by atoms with Gasteiger partial charge in [-0.05, 0) is 45.3 Å². The predicted octanol–water partition coefficient (Wildman–Crippen LogP) is 2.51. The van der Waals surface area contributed by atoms with E-state index in [9.17, 15) is 9.59 Å². The van der Waals surface area contributed by atoms with E-state index < -0.39 is 0 Å². The second-order valence-corrected chi connectivity index (χ2v) is 8.80. The fourth-order valence-electron chi connectivity index (χ4n) is 5.49. The monoisotopic (exact) mass is 359 g/mol. The average molecular weight is 359 g/mol. The molecule has 0 spiro atoms. The first-order valence-electron chi connectivity index (χ1n) is 9.81. The number of carbonyl (C=O) groups excluding carboxylic acids is 2. The maximum absolute atomic E-state index is 12.7. The number of ether oxygens (including phenoxy) is 2. The van der Waals surface area contributed by atoms with Gasteiger partial charge in [0.05, 0.1) is 18.1 Å². The number of hydrogen-bond acceptors (Lipinski definition) is 5. The summed E-state index contributed by atoms with van der Waals surface area (Å²) in [4.78, 5) is 27.3. The average Bonchev–Trinajstić information content (AvgIpc) is 2.86. The fraction of sp³-hybridized carbons (Fsp3) is 0.714. The van der Waals surface area contributed by atoms with Gasteiger partial charge in [0.2, 0.25) is 0 Å². The van der Waals surface area contributed by atoms with E-state index in [1.54, 1.807) is 6.08 Å². The Hall–Kier alpha value is -1.46. The lowest BCUT2D eigenvalue weighted by Crippen LogP contribution is -2.49. The lowest BCUT2D eigenvalue weighted by Gasteiger charge is -2.43. The van der Waals surface area contributed by atoms with Crippen molar-refractivity contribution in [2.24, 2.45) is 17.3 Å². The number of esters is 1. The van der Waals surface area contributed by atoms with Crippen LogP contribution in [0.2, 0.25) is 0 Å². The second kappa shape index (κ2) is 6.31. The molecule has 2 heterocycles. The normalized spacial score (nSPS) is 43.3. The molecule has 0 aromatic carbocycles. The first-order chi connectivity index (χ1) is 12.3. The number of allylic oxidation sites excluding steroid dienone is 3. The third kappa shape index (κ3) is 2.85. The van der Waals surface area contributed by atoms with Gasteiger partial charge in [0.15, 0.2) is 5.78 Å². The van der Waals surface area contributed by atoms with Gasteiger partial charge in [-0.2, -0.15) is 0 Å². The zero-order valence-corrected chi connectivity index (χ0v) is 16.2. The molecule has 2 aliphatic heterocycles. The maximum atomic E-state index is 12.7. The van der Waals surface area contributed by atoms with E-state index in [-0.39, 0.29) is 47.3 Å². The quantitative estimate of drug-likeness (QED) is 0.709. The number of carbonyl (C=O) groups is 2. The van der Waals surface area contributed by atoms with Crippen LogP contribution in [0.15, 0.2) is 23.3 Å². The summed E-state index contributed by atoms with van der Waals surface area (Å²) in [5.41, 5.74) is 1.66. The van der Waals surface area contributed by atoms with E-state index in [2.05, 4.69) is 25.7 Å². The van der Waals surface area contributed by atoms with Crippen LogP contribution in [0.5, 0.6) is 0 Å². The predicted molar refractivity (Wildman–Crippen MR) is 97.5 cm³/mol. The molecule has 3 fully saturated rings. The third-order valence-electron chi connectivity index (χ3n) is 6.67. The van der Waals surface area contributed by atoms with E-state index in [1.165, 1.54) is 0 Å². The summed E-state index contributed by atoms with van der Waals surface area (Å²) >= 11 is 0. The molecule has 0 unspecified atom stereocenters. The van der Waals surface area contributed by atoms with Crippen molar-refractivity contribution in [1.29, 1.82) is 0 Å². The second-order valence-electron chi connectivity index (χ2n) is 8.80. The molecule has 6 atom stereocenters. The molecule has 2 saturated heterocycles. The summed E-state index contributed by atoms with van der Waals surface area (Å²) in [7, 11) is 0. The van der Waals surface area contributed by atoms with Crippen molar-refractivity contribution in [2.45, 2.75) is 58.8 Å². The summed E-state index contributed by atoms with van der Waals surface area (Å²) in [5.74, 6) is 0.0171. The topological polar surface area (TPSA) is 55.8 Å². The number of hydrogen-bond donors (Lipinski definition) is 0. The van der Waals surface area contributed by atoms with Crippen molar-refractivity contribution in [2.75, 3.05) is 19.6 Å². The van der Waals surface area contributed by atoms with Gasteiger partial charge in [0.1, 0.15) is 6.10 Å². The molecule has 0 bridgehead atoms. The Morgan fingerprint density at radius 2 is 1.92 bits per heavy atom. The van der Waals surface area contributed by atoms with Gasteiger partial charge < -0.3 is 9.47 Å². The van der Waals surface area contributed by atoms with Gasteiger partial charge in [0, 0.05) is 36.5 Å². The number of rotatable bonds is 2. The molecule has 4 rings (SSSR count). The molecule has 5 nitrogen and oxygen atoms in total. The fourth-order valence-corrected chi connectivity index (χ4v) is 5.49. The van der Waals surface area contributed by atoms with Crippen molar-refractivity contribution in [3.8, 4) is 0 Å². The lowest BCUT2D eigenvalue weighted by molar-refractivity contribution is -0.145. The van der Waals surface area contributed by atoms with E-state index in [1.807, 2.05) is 13.0 Å². The van der Waals surface area contributed by atoms with E-state index in [0.29, 0.717) is 0 Å². The van der Waals surface area contributed by atoms with E-state index in [4.69, 9.17) is 9.47 Å². The number of nitrogens with zero attached hydrogens (tertiary/aromatic N) is 1. The lowest BCUT2D eigenvalue weighted by atomic mass is 9.61. The van der Waals surface area contributed by atoms with Crippen molar-refractivity contribution >= 4 is 11.8 Å². The Kier molecular flexibility index (Phi) is 4.35. The van der Waals surface area contributed by atoms with E-state index in [0.717, 1.165) is 43.6 Å². The Balaban J connectivity index is 1.57. The minimum Gasteiger partial charge on any atom is -0.457 e. The third-order valence-corrected chi connectivity index (χ3v) is 6.67. The van der Waals surface area contributed by atoms with Gasteiger partial charge in [-0.1, -0.05) is 13.0 Å². The van der Waals surface area contributed by atoms with Crippen LogP contribution in [-0.4, -0.2) is 54.6 Å². The maximum Gasteiger partial charge on any atom is 0.311 e. The minimum absolute atomic E-state index is 0.0495. The molecule has 0 N–H and O–H groups in total. The largest absolute Gasteiger partial charge is 0.457 e. The van der Waals surface area contributed by atoms with Crippen LogP contribution < -0.4 is 0 Å². The first kappa shape index (κ1) is 17.9. The van der Waals surface area contributed by atoms with Crippen molar-refractivity contribution in [3.05, 3.63) is 23.3 Å². The smallest absolute Gasteiger partial charge is 0.311 e. The van der Waals surface area contributed by atoms with Crippen LogP contribution in [0.4, 0.5) is 0 Å². The summed E-state index contributed by atoms with van der Waals surface area (Å²) < 4.78 is 11.7. The van der Waals surface area contributed by atoms with Crippen LogP contribution in [-0.2, 0) is 19.1 Å². The number of morpholine rings is 1. The highest BCUT2D eigenvalue weighted by Crippen LogP contribution is 2.53. The highest BCUT2D eigenvalue weighted by Gasteiger charge is 2.54. The number of fused-ring (bicyclic) bond motifs is 3. The highest BCUT2D eigenvalue weighted by molar-refractivity contribution is 6.05. The van der Waals surface area contributed by atoms with Gasteiger partial charge >= 0.3 is 5.97 Å². The Bertz CT molecular complexity index is 686. The zero-order valence-electron chi connectivity index (χ0n) is 16.2. The molecule has 0 aromatic rings. The van der Waals surface area contributed by atoms with Crippen molar-refractivity contribution < 1.29 is 19.1 Å². The summed E-state index contributed by atoms with van der Waals surface area (Å²) in [5, 5.41) is 0. The molecule has 0 aromatic heterocycles. The van der Waals surface area contributed by atoms with Crippen LogP contribution in [0.3, 0.4) is 0 Å². The van der Waals surface area contributed by atoms with Crippen LogP contribution >= 0.6 is 0 Å². The Morgan fingerprint density at radius 3 is 2.62 bits per heavy atom. The molecule has 5 heteroatoms. The summed E-state index contributed by atoms with van der Waals surface area (Å²) in [6, 6.07) is 0. The molecule has 0 amide bonds. The zero-order chi connectivity index (χ0) is 18.6. The van der Waals surface area contributed by atoms with Crippen LogP contribution in [0.1, 0.15) is 40.5 Å². The Morgan fingerprint density at radius 1 is 1.23 bits per heavy atom. The Labute approximate surface area is 155 Å². The molecular weight excluding hydrogens is 330 g/mol. The summed E-state index contributed by atoms with van der Waals surface area (Å²) in [6.07, 6.45) is 5.76. The van der Waals surface area contributed by atoms with Gasteiger partial charge in [-0.15, -0.1) is 0 Å². The molecule has 142 valence electrons. The SMILES string of the molecule is CC1=C2[C@@H]3OC(=O)[C@H](CN4C[C@@H](C)O[C@@H](C)C4)[C@@H]3CC[C@]2(C)C=CC1=O. The number of ketones is 1. The minimum atomic E-state index is -0.240. The molecular formula is C21H29NO4. The van der Waals surface area contributed by atoms with Gasteiger partial charge in [-0.3, -0.25) is 14.5 Å². The summed E-state index contributed by atoms with van der Waals surface area (Å²) in [6.45, 7) is 10.6. The van der Waals surface area contributed by atoms with Gasteiger partial charge in [0.25, 0.3) is 0 Å². The molecule has 1 saturated carbocycles. The molecule has 2 aliphatic carbocycles. The molecule has 0 radical (unpaired) electrons. The molecule has 26 heavy (non-hydrogen) atoms. The highest BCUT2D eigenvalue weighted by atomic mass is 16.6. The standard InChI is InChI=1S/C21H29NO4/c1-12-9-22(10-13(2)25-12)11-16-15-5-7-21(4)8-6-17(23)14(3)18(21)19(15)26-20(16)24/h6,8,12-13,15-16,19H,5,7,9-11H2,1-4H3/t12-,13+,15-,16+,19+,21+/m0/s1. The van der Waals surface area contributed by atoms with Crippen molar-refractivity contribution in [1.82, 2.24) is 4.90 Å². The van der Waals surface area contributed by atoms with E-state index >= 15 is 0 Å². The van der Waals surface area contributed by atoms with Gasteiger partial charge in [-0.25, -0.2) is 0 Å². The van der Waals surface area contributed by atoms with Crippen molar-refractivity contribution in [3.63, 3.8) is 0 Å². The van der Waals surface area contributed by atoms with Crippen LogP contribution in [0, 0.1) is 17.3 Å². The molecule has 4 aliphatic rings. The van der Waals surface area contributed by atoms with Crippen LogP contribution in [0.25, 0.3) is 0 Å².